The van der Waals surface area contributed by atoms with Crippen LogP contribution in [0.15, 0.2) is 6.20 Å². The van der Waals surface area contributed by atoms with E-state index in [1.807, 2.05) is 6.92 Å². The van der Waals surface area contributed by atoms with Crippen LogP contribution in [0, 0.1) is 19.3 Å². The molecule has 0 aromatic carbocycles. The number of nitrogens with zero attached hydrogens (tertiary/aromatic N) is 1. The monoisotopic (exact) mass is 281 g/mol. The lowest BCUT2D eigenvalue weighted by atomic mass is 9.84. The molecule has 1 unspecified atom stereocenters. The average molecular weight is 281 g/mol. The number of esters is 1. The molecule has 0 aliphatic rings. The van der Waals surface area contributed by atoms with Crippen LogP contribution in [0.1, 0.15) is 23.7 Å². The second-order valence-corrected chi connectivity index (χ2v) is 4.85. The summed E-state index contributed by atoms with van der Waals surface area (Å²) in [4.78, 5) is 27.4. The van der Waals surface area contributed by atoms with E-state index in [-0.39, 0.29) is 6.42 Å². The van der Waals surface area contributed by atoms with Crippen LogP contribution in [0.3, 0.4) is 0 Å². The molecule has 0 aliphatic heterocycles. The molecule has 6 heteroatoms. The van der Waals surface area contributed by atoms with E-state index in [1.54, 1.807) is 13.1 Å². The second kappa shape index (κ2) is 5.90. The molecule has 0 fully saturated rings. The van der Waals surface area contributed by atoms with Crippen molar-refractivity contribution in [1.82, 2.24) is 4.98 Å². The minimum atomic E-state index is -1.67. The van der Waals surface area contributed by atoms with Gasteiger partial charge in [0, 0.05) is 29.4 Å². The summed E-state index contributed by atoms with van der Waals surface area (Å²) in [6, 6.07) is 0. The molecule has 0 spiro atoms. The van der Waals surface area contributed by atoms with Gasteiger partial charge in [-0.05, 0) is 20.8 Å². The van der Waals surface area contributed by atoms with Gasteiger partial charge in [0.2, 0.25) is 0 Å². The highest BCUT2D eigenvalue weighted by atomic mass is 16.5. The first-order valence-corrected chi connectivity index (χ1v) is 6.08. The van der Waals surface area contributed by atoms with E-state index >= 15 is 0 Å². The Kier molecular flexibility index (Phi) is 4.70. The summed E-state index contributed by atoms with van der Waals surface area (Å²) >= 11 is 0. The number of aryl methyl sites for hydroxylation is 1. The van der Waals surface area contributed by atoms with Gasteiger partial charge >= 0.3 is 11.9 Å². The van der Waals surface area contributed by atoms with Crippen LogP contribution in [0.25, 0.3) is 0 Å². The lowest BCUT2D eigenvalue weighted by Crippen LogP contribution is -2.39. The van der Waals surface area contributed by atoms with Gasteiger partial charge in [-0.2, -0.15) is 0 Å². The van der Waals surface area contributed by atoms with E-state index in [4.69, 9.17) is 4.74 Å². The molecule has 1 atom stereocenters. The van der Waals surface area contributed by atoms with Crippen LogP contribution < -0.4 is 4.74 Å². The van der Waals surface area contributed by atoms with Crippen molar-refractivity contribution in [2.45, 2.75) is 27.2 Å². The van der Waals surface area contributed by atoms with Gasteiger partial charge < -0.3 is 14.6 Å². The lowest BCUT2D eigenvalue weighted by molar-refractivity contribution is -0.165. The molecular formula is C14H19NO5. The first-order valence-electron chi connectivity index (χ1n) is 6.08. The zero-order valence-corrected chi connectivity index (χ0v) is 12.3. The van der Waals surface area contributed by atoms with Gasteiger partial charge in [-0.25, -0.2) is 0 Å². The number of hydrogen-bond donors (Lipinski definition) is 1. The summed E-state index contributed by atoms with van der Waals surface area (Å²) < 4.78 is 9.86. The summed E-state index contributed by atoms with van der Waals surface area (Å²) in [7, 11) is 2.70. The van der Waals surface area contributed by atoms with E-state index < -0.39 is 17.4 Å². The van der Waals surface area contributed by atoms with Gasteiger partial charge in [0.1, 0.15) is 5.75 Å². The average Bonchev–Trinajstić information content (AvgIpc) is 2.41. The SMILES string of the molecule is COC(=O)C(C)(Cc1ncc(C)c(OC)c1C)C(=O)O. The molecule has 0 saturated heterocycles. The highest BCUT2D eigenvalue weighted by molar-refractivity contribution is 5.98. The topological polar surface area (TPSA) is 85.7 Å². The van der Waals surface area contributed by atoms with Gasteiger partial charge in [-0.3, -0.25) is 14.6 Å². The van der Waals surface area contributed by atoms with Crippen molar-refractivity contribution in [3.05, 3.63) is 23.0 Å². The van der Waals surface area contributed by atoms with E-state index in [1.165, 1.54) is 21.1 Å². The minimum absolute atomic E-state index is 0.0581. The molecule has 1 heterocycles. The first-order chi connectivity index (χ1) is 9.27. The Balaban J connectivity index is 3.26. The lowest BCUT2D eigenvalue weighted by Gasteiger charge is -2.22. The summed E-state index contributed by atoms with van der Waals surface area (Å²) in [6.07, 6.45) is 1.54. The van der Waals surface area contributed by atoms with Gasteiger partial charge in [0.15, 0.2) is 5.41 Å². The molecule has 1 N–H and O–H groups in total. The zero-order valence-electron chi connectivity index (χ0n) is 12.3. The number of methoxy groups -OCH3 is 2. The van der Waals surface area contributed by atoms with Gasteiger partial charge in [-0.1, -0.05) is 0 Å². The normalized spacial score (nSPS) is 13.4. The molecule has 1 rings (SSSR count). The number of carbonyl (C=O) groups excluding carboxylic acids is 1. The summed E-state index contributed by atoms with van der Waals surface area (Å²) in [5, 5.41) is 9.31. The van der Waals surface area contributed by atoms with Crippen molar-refractivity contribution in [2.75, 3.05) is 14.2 Å². The smallest absolute Gasteiger partial charge is 0.323 e. The van der Waals surface area contributed by atoms with Crippen molar-refractivity contribution in [1.29, 1.82) is 0 Å². The molecule has 0 bridgehead atoms. The Morgan fingerprint density at radius 3 is 2.40 bits per heavy atom. The maximum absolute atomic E-state index is 11.8. The number of aromatic nitrogens is 1. The molecule has 0 radical (unpaired) electrons. The van der Waals surface area contributed by atoms with Crippen molar-refractivity contribution in [3.8, 4) is 5.75 Å². The summed E-state index contributed by atoms with van der Waals surface area (Å²) in [5.74, 6) is -1.40. The Morgan fingerprint density at radius 1 is 1.35 bits per heavy atom. The van der Waals surface area contributed by atoms with Crippen LogP contribution >= 0.6 is 0 Å². The minimum Gasteiger partial charge on any atom is -0.496 e. The molecule has 1 aromatic rings. The number of carbonyl (C=O) groups is 2. The van der Waals surface area contributed by atoms with Crippen molar-refractivity contribution in [3.63, 3.8) is 0 Å². The van der Waals surface area contributed by atoms with Crippen LogP contribution in [-0.4, -0.2) is 36.2 Å². The molecule has 6 nitrogen and oxygen atoms in total. The molecule has 110 valence electrons. The Hall–Kier alpha value is -2.11. The third kappa shape index (κ3) is 2.74. The number of pyridine rings is 1. The molecule has 0 aliphatic carbocycles. The number of ether oxygens (including phenoxy) is 2. The zero-order chi connectivity index (χ0) is 15.5. The van der Waals surface area contributed by atoms with Crippen molar-refractivity contribution >= 4 is 11.9 Å². The number of hydrogen-bond acceptors (Lipinski definition) is 5. The van der Waals surface area contributed by atoms with Crippen LogP contribution in [0.4, 0.5) is 0 Å². The quantitative estimate of drug-likeness (QED) is 0.650. The van der Waals surface area contributed by atoms with Crippen molar-refractivity contribution in [2.24, 2.45) is 5.41 Å². The maximum atomic E-state index is 11.8. The highest BCUT2D eigenvalue weighted by Gasteiger charge is 2.43. The van der Waals surface area contributed by atoms with Gasteiger partial charge in [0.05, 0.1) is 14.2 Å². The Bertz CT molecular complexity index is 541. The van der Waals surface area contributed by atoms with Crippen LogP contribution in [0.5, 0.6) is 5.75 Å². The number of rotatable bonds is 5. The standard InChI is InChI=1S/C14H19NO5/c1-8-7-15-10(9(2)11(8)19-4)6-14(3,12(16)17)13(18)20-5/h7H,6H2,1-5H3,(H,16,17). The Labute approximate surface area is 117 Å². The fourth-order valence-electron chi connectivity index (χ4n) is 2.04. The molecule has 20 heavy (non-hydrogen) atoms. The predicted molar refractivity (Wildman–Crippen MR) is 71.7 cm³/mol. The van der Waals surface area contributed by atoms with E-state index in [9.17, 15) is 14.7 Å². The van der Waals surface area contributed by atoms with E-state index in [0.29, 0.717) is 11.4 Å². The maximum Gasteiger partial charge on any atom is 0.323 e. The second-order valence-electron chi connectivity index (χ2n) is 4.85. The van der Waals surface area contributed by atoms with Gasteiger partial charge in [-0.15, -0.1) is 0 Å². The predicted octanol–water partition coefficient (Wildman–Crippen LogP) is 1.51. The molecule has 0 amide bonds. The molecular weight excluding hydrogens is 262 g/mol. The summed E-state index contributed by atoms with van der Waals surface area (Å²) in [6.45, 7) is 4.96. The Morgan fingerprint density at radius 2 is 1.95 bits per heavy atom. The van der Waals surface area contributed by atoms with E-state index in [2.05, 4.69) is 9.72 Å². The summed E-state index contributed by atoms with van der Waals surface area (Å²) in [5.41, 5.74) is 0.405. The number of carboxylic acid groups (broad SMARTS) is 1. The first kappa shape index (κ1) is 15.9. The fraction of sp³-hybridized carbons (Fsp3) is 0.500. The largest absolute Gasteiger partial charge is 0.496 e. The molecule has 0 saturated carbocycles. The van der Waals surface area contributed by atoms with Crippen LogP contribution in [-0.2, 0) is 20.7 Å². The van der Waals surface area contributed by atoms with Gasteiger partial charge in [0.25, 0.3) is 0 Å². The van der Waals surface area contributed by atoms with E-state index in [0.717, 1.165) is 11.1 Å². The number of carboxylic acids is 1. The van der Waals surface area contributed by atoms with Crippen molar-refractivity contribution < 1.29 is 24.2 Å². The number of aliphatic carboxylic acids is 1. The molecule has 1 aromatic heterocycles. The highest BCUT2D eigenvalue weighted by Crippen LogP contribution is 2.30. The third-order valence-electron chi connectivity index (χ3n) is 3.38. The fourth-order valence-corrected chi connectivity index (χ4v) is 2.04. The third-order valence-corrected chi connectivity index (χ3v) is 3.38. The van der Waals surface area contributed by atoms with Crippen LogP contribution in [0.2, 0.25) is 0 Å².